The first-order valence-electron chi connectivity index (χ1n) is 4.22. The molecule has 12 heavy (non-hydrogen) atoms. The van der Waals surface area contributed by atoms with E-state index in [1.807, 2.05) is 6.92 Å². The summed E-state index contributed by atoms with van der Waals surface area (Å²) in [6.07, 6.45) is 0.857. The summed E-state index contributed by atoms with van der Waals surface area (Å²) in [4.78, 5) is 15.5. The van der Waals surface area contributed by atoms with Gasteiger partial charge in [-0.15, -0.1) is 0 Å². The number of ketones is 1. The number of carbonyl (C=O) groups excluding carboxylic acids is 1. The van der Waals surface area contributed by atoms with E-state index < -0.39 is 6.10 Å². The zero-order valence-corrected chi connectivity index (χ0v) is 7.71. The molecule has 0 aliphatic carbocycles. The molecular formula is C7H16BNO3. The Balaban J connectivity index is 3.76. The van der Waals surface area contributed by atoms with Gasteiger partial charge in [-0.3, -0.25) is 4.79 Å². The lowest BCUT2D eigenvalue weighted by Crippen LogP contribution is -2.30. The van der Waals surface area contributed by atoms with Crippen LogP contribution in [-0.4, -0.2) is 32.9 Å². The Hall–Kier alpha value is -0.385. The van der Waals surface area contributed by atoms with Gasteiger partial charge in [0.15, 0.2) is 5.78 Å². The van der Waals surface area contributed by atoms with E-state index in [1.54, 1.807) is 7.85 Å². The fourth-order valence-electron chi connectivity index (χ4n) is 0.809. The predicted molar refractivity (Wildman–Crippen MR) is 48.5 cm³/mol. The molecule has 0 aliphatic heterocycles. The van der Waals surface area contributed by atoms with Crippen LogP contribution in [-0.2, 0) is 14.4 Å². The highest BCUT2D eigenvalue weighted by molar-refractivity contribution is 6.21. The first kappa shape index (κ1) is 11.6. The van der Waals surface area contributed by atoms with Crippen molar-refractivity contribution in [3.63, 3.8) is 0 Å². The number of hydrogen-bond acceptors (Lipinski definition) is 4. The van der Waals surface area contributed by atoms with Crippen LogP contribution in [0.25, 0.3) is 0 Å². The molecule has 1 unspecified atom stereocenters. The number of carbonyl (C=O) groups is 1. The average molecular weight is 173 g/mol. The minimum atomic E-state index is -0.486. The fraction of sp³-hybridized carbons (Fsp3) is 0.857. The third kappa shape index (κ3) is 4.48. The van der Waals surface area contributed by atoms with Gasteiger partial charge in [-0.05, 0) is 12.7 Å². The molecule has 0 amide bonds. The van der Waals surface area contributed by atoms with Gasteiger partial charge in [-0.25, -0.2) is 5.90 Å². The quantitative estimate of drug-likeness (QED) is 0.408. The molecule has 0 aliphatic rings. The Bertz CT molecular complexity index is 132. The number of Topliss-reactive ketones (excluding diaryl/α,β-unsaturated/α-hetero) is 1. The smallest absolute Gasteiger partial charge is 0.156 e. The van der Waals surface area contributed by atoms with Crippen molar-refractivity contribution in [2.24, 2.45) is 5.90 Å². The summed E-state index contributed by atoms with van der Waals surface area (Å²) in [5, 5.41) is 0. The maximum Gasteiger partial charge on any atom is 0.156 e. The van der Waals surface area contributed by atoms with Crippen LogP contribution in [0.3, 0.4) is 0 Å². The van der Waals surface area contributed by atoms with Gasteiger partial charge in [0.05, 0.1) is 0 Å². The SMILES string of the molecule is BCC(=O)C(CON)OCCC. The molecular weight excluding hydrogens is 157 g/mol. The van der Waals surface area contributed by atoms with Crippen LogP contribution in [0.2, 0.25) is 6.32 Å². The molecule has 0 aromatic rings. The Morgan fingerprint density at radius 3 is 2.75 bits per heavy atom. The Morgan fingerprint density at radius 2 is 2.33 bits per heavy atom. The summed E-state index contributed by atoms with van der Waals surface area (Å²) in [6, 6.07) is 0. The summed E-state index contributed by atoms with van der Waals surface area (Å²) in [6.45, 7) is 2.70. The molecule has 0 heterocycles. The Labute approximate surface area is 73.8 Å². The lowest BCUT2D eigenvalue weighted by molar-refractivity contribution is -0.132. The molecule has 4 nitrogen and oxygen atoms in total. The molecule has 1 atom stereocenters. The van der Waals surface area contributed by atoms with E-state index in [2.05, 4.69) is 4.84 Å². The second-order valence-electron chi connectivity index (χ2n) is 2.51. The van der Waals surface area contributed by atoms with Crippen molar-refractivity contribution in [2.45, 2.75) is 25.8 Å². The van der Waals surface area contributed by atoms with Gasteiger partial charge in [0.25, 0.3) is 0 Å². The van der Waals surface area contributed by atoms with Crippen LogP contribution < -0.4 is 5.90 Å². The molecule has 0 radical (unpaired) electrons. The van der Waals surface area contributed by atoms with Gasteiger partial charge in [0.1, 0.15) is 20.6 Å². The Morgan fingerprint density at radius 1 is 1.67 bits per heavy atom. The van der Waals surface area contributed by atoms with Gasteiger partial charge in [-0.2, -0.15) is 0 Å². The molecule has 70 valence electrons. The van der Waals surface area contributed by atoms with Crippen molar-refractivity contribution < 1.29 is 14.4 Å². The van der Waals surface area contributed by atoms with Gasteiger partial charge in [0, 0.05) is 6.61 Å². The van der Waals surface area contributed by atoms with E-state index in [1.165, 1.54) is 0 Å². The normalized spacial score (nSPS) is 12.8. The highest BCUT2D eigenvalue weighted by Gasteiger charge is 2.16. The summed E-state index contributed by atoms with van der Waals surface area (Å²) >= 11 is 0. The monoisotopic (exact) mass is 173 g/mol. The molecule has 0 aromatic heterocycles. The number of hydrogen-bond donors (Lipinski definition) is 1. The number of nitrogens with two attached hydrogens (primary N) is 1. The van der Waals surface area contributed by atoms with E-state index in [4.69, 9.17) is 10.6 Å². The maximum atomic E-state index is 11.1. The maximum absolute atomic E-state index is 11.1. The molecule has 0 bridgehead atoms. The minimum Gasteiger partial charge on any atom is -0.368 e. The molecule has 0 fully saturated rings. The zero-order chi connectivity index (χ0) is 9.40. The van der Waals surface area contributed by atoms with Gasteiger partial charge < -0.3 is 9.57 Å². The first-order chi connectivity index (χ1) is 5.76. The molecule has 0 saturated carbocycles. The Kier molecular flexibility index (Phi) is 7.04. The number of ether oxygens (including phenoxy) is 1. The van der Waals surface area contributed by atoms with Crippen LogP contribution in [0.4, 0.5) is 0 Å². The van der Waals surface area contributed by atoms with E-state index in [0.717, 1.165) is 6.42 Å². The zero-order valence-electron chi connectivity index (χ0n) is 7.71. The second-order valence-corrected chi connectivity index (χ2v) is 2.51. The molecule has 0 spiro atoms. The highest BCUT2D eigenvalue weighted by atomic mass is 16.6. The number of rotatable bonds is 7. The lowest BCUT2D eigenvalue weighted by Gasteiger charge is -2.13. The summed E-state index contributed by atoms with van der Waals surface area (Å²) in [7, 11) is 1.79. The summed E-state index contributed by atoms with van der Waals surface area (Å²) in [5.74, 6) is 4.90. The summed E-state index contributed by atoms with van der Waals surface area (Å²) in [5.41, 5.74) is 0. The van der Waals surface area contributed by atoms with Crippen molar-refractivity contribution >= 4 is 13.6 Å². The third-order valence-corrected chi connectivity index (χ3v) is 1.48. The van der Waals surface area contributed by atoms with Crippen LogP contribution in [0.15, 0.2) is 0 Å². The largest absolute Gasteiger partial charge is 0.368 e. The van der Waals surface area contributed by atoms with E-state index in [0.29, 0.717) is 12.9 Å². The van der Waals surface area contributed by atoms with Crippen molar-refractivity contribution in [3.8, 4) is 0 Å². The minimum absolute atomic E-state index is 0.0360. The second kappa shape index (κ2) is 7.27. The predicted octanol–water partition coefficient (Wildman–Crippen LogP) is -0.708. The lowest BCUT2D eigenvalue weighted by atomic mass is 9.98. The average Bonchev–Trinajstić information content (AvgIpc) is 2.11. The first-order valence-corrected chi connectivity index (χ1v) is 4.22. The van der Waals surface area contributed by atoms with Crippen molar-refractivity contribution in [1.29, 1.82) is 0 Å². The third-order valence-electron chi connectivity index (χ3n) is 1.48. The molecule has 0 rings (SSSR count). The van der Waals surface area contributed by atoms with Crippen LogP contribution in [0, 0.1) is 0 Å². The van der Waals surface area contributed by atoms with Crippen LogP contribution in [0.1, 0.15) is 13.3 Å². The molecule has 2 N–H and O–H groups in total. The van der Waals surface area contributed by atoms with Crippen LogP contribution >= 0.6 is 0 Å². The highest BCUT2D eigenvalue weighted by Crippen LogP contribution is 1.98. The van der Waals surface area contributed by atoms with Crippen molar-refractivity contribution in [1.82, 2.24) is 0 Å². The van der Waals surface area contributed by atoms with E-state index in [-0.39, 0.29) is 12.4 Å². The van der Waals surface area contributed by atoms with Gasteiger partial charge in [-0.1, -0.05) is 6.92 Å². The van der Waals surface area contributed by atoms with Gasteiger partial charge >= 0.3 is 0 Å². The van der Waals surface area contributed by atoms with E-state index in [9.17, 15) is 4.79 Å². The topological polar surface area (TPSA) is 61.5 Å². The van der Waals surface area contributed by atoms with Gasteiger partial charge in [0.2, 0.25) is 0 Å². The molecule has 0 saturated heterocycles. The fourth-order valence-corrected chi connectivity index (χ4v) is 0.809. The molecule has 5 heteroatoms. The standard InChI is InChI=1S/C7H16BNO3/c1-2-3-11-7(5-12-9)6(10)4-8/h7H,2-5,8-9H2,1H3. The van der Waals surface area contributed by atoms with Crippen LogP contribution in [0.5, 0.6) is 0 Å². The summed E-state index contributed by atoms with van der Waals surface area (Å²) < 4.78 is 5.23. The van der Waals surface area contributed by atoms with Crippen molar-refractivity contribution in [2.75, 3.05) is 13.2 Å². The van der Waals surface area contributed by atoms with Crippen molar-refractivity contribution in [3.05, 3.63) is 0 Å². The molecule has 0 aromatic carbocycles. The van der Waals surface area contributed by atoms with E-state index >= 15 is 0 Å².